The standard InChI is InChI=1S/C14H21Cl2NO/c1-3-8-17-9-7-14(2,18)10-11-12(15)5-4-6-13(11)16/h4-6,17-18H,3,7-10H2,1-2H3. The predicted molar refractivity (Wildman–Crippen MR) is 78.6 cm³/mol. The van der Waals surface area contributed by atoms with Crippen molar-refractivity contribution in [3.8, 4) is 0 Å². The molecule has 0 aliphatic heterocycles. The highest BCUT2D eigenvalue weighted by atomic mass is 35.5. The van der Waals surface area contributed by atoms with E-state index in [9.17, 15) is 5.11 Å². The largest absolute Gasteiger partial charge is 0.390 e. The zero-order chi connectivity index (χ0) is 13.6. The second-order valence-corrected chi connectivity index (χ2v) is 5.69. The van der Waals surface area contributed by atoms with E-state index in [0.29, 0.717) is 22.9 Å². The molecular formula is C14H21Cl2NO. The van der Waals surface area contributed by atoms with Gasteiger partial charge in [-0.15, -0.1) is 0 Å². The number of hydrogen-bond donors (Lipinski definition) is 2. The van der Waals surface area contributed by atoms with Gasteiger partial charge in [0.15, 0.2) is 0 Å². The normalized spacial score (nSPS) is 14.5. The lowest BCUT2D eigenvalue weighted by molar-refractivity contribution is 0.0516. The molecule has 2 nitrogen and oxygen atoms in total. The Morgan fingerprint density at radius 3 is 2.39 bits per heavy atom. The highest BCUT2D eigenvalue weighted by Gasteiger charge is 2.23. The lowest BCUT2D eigenvalue weighted by Gasteiger charge is -2.24. The average molecular weight is 290 g/mol. The van der Waals surface area contributed by atoms with E-state index in [4.69, 9.17) is 23.2 Å². The van der Waals surface area contributed by atoms with E-state index in [1.165, 1.54) is 0 Å². The molecule has 0 aromatic heterocycles. The molecule has 0 aliphatic rings. The SMILES string of the molecule is CCCNCCC(C)(O)Cc1c(Cl)cccc1Cl. The van der Waals surface area contributed by atoms with Crippen molar-refractivity contribution < 1.29 is 5.11 Å². The fraction of sp³-hybridized carbons (Fsp3) is 0.571. The first-order valence-corrected chi connectivity index (χ1v) is 7.08. The van der Waals surface area contributed by atoms with Crippen LogP contribution in [0.1, 0.15) is 32.3 Å². The summed E-state index contributed by atoms with van der Waals surface area (Å²) in [5.41, 5.74) is 0.0244. The molecule has 1 aromatic carbocycles. The van der Waals surface area contributed by atoms with E-state index in [1.807, 2.05) is 13.0 Å². The van der Waals surface area contributed by atoms with Gasteiger partial charge in [-0.1, -0.05) is 36.2 Å². The first-order valence-electron chi connectivity index (χ1n) is 6.32. The van der Waals surface area contributed by atoms with Crippen molar-refractivity contribution in [3.05, 3.63) is 33.8 Å². The number of hydrogen-bond acceptors (Lipinski definition) is 2. The highest BCUT2D eigenvalue weighted by molar-refractivity contribution is 6.36. The molecule has 0 fully saturated rings. The Labute approximate surface area is 119 Å². The molecule has 0 spiro atoms. The molecule has 0 bridgehead atoms. The van der Waals surface area contributed by atoms with E-state index >= 15 is 0 Å². The van der Waals surface area contributed by atoms with E-state index in [1.54, 1.807) is 12.1 Å². The van der Waals surface area contributed by atoms with Gasteiger partial charge in [-0.05, 0) is 50.6 Å². The number of halogens is 2. The maximum Gasteiger partial charge on any atom is 0.0673 e. The van der Waals surface area contributed by atoms with E-state index in [0.717, 1.165) is 25.1 Å². The van der Waals surface area contributed by atoms with Crippen LogP contribution in [0.3, 0.4) is 0 Å². The smallest absolute Gasteiger partial charge is 0.0673 e. The molecule has 2 N–H and O–H groups in total. The molecule has 0 amide bonds. The molecule has 1 rings (SSSR count). The van der Waals surface area contributed by atoms with Crippen LogP contribution >= 0.6 is 23.2 Å². The van der Waals surface area contributed by atoms with Crippen molar-refractivity contribution in [1.29, 1.82) is 0 Å². The first-order chi connectivity index (χ1) is 8.46. The Bertz CT molecular complexity index is 360. The third kappa shape index (κ3) is 5.15. The van der Waals surface area contributed by atoms with Crippen molar-refractivity contribution in [2.24, 2.45) is 0 Å². The van der Waals surface area contributed by atoms with Crippen LogP contribution in [-0.2, 0) is 6.42 Å². The summed E-state index contributed by atoms with van der Waals surface area (Å²) >= 11 is 12.2. The summed E-state index contributed by atoms with van der Waals surface area (Å²) in [5.74, 6) is 0. The van der Waals surface area contributed by atoms with Crippen LogP contribution in [0.4, 0.5) is 0 Å². The third-order valence-electron chi connectivity index (χ3n) is 2.89. The first kappa shape index (κ1) is 15.8. The molecule has 4 heteroatoms. The molecule has 1 unspecified atom stereocenters. The van der Waals surface area contributed by atoms with Gasteiger partial charge in [0.2, 0.25) is 0 Å². The molecule has 102 valence electrons. The van der Waals surface area contributed by atoms with Crippen LogP contribution in [-0.4, -0.2) is 23.8 Å². The van der Waals surface area contributed by atoms with Gasteiger partial charge in [0.25, 0.3) is 0 Å². The van der Waals surface area contributed by atoms with Crippen molar-refractivity contribution in [2.75, 3.05) is 13.1 Å². The van der Waals surface area contributed by atoms with Gasteiger partial charge in [-0.2, -0.15) is 0 Å². The minimum Gasteiger partial charge on any atom is -0.390 e. The van der Waals surface area contributed by atoms with Crippen molar-refractivity contribution >= 4 is 23.2 Å². The maximum absolute atomic E-state index is 10.4. The Morgan fingerprint density at radius 1 is 1.22 bits per heavy atom. The van der Waals surface area contributed by atoms with Crippen LogP contribution in [0, 0.1) is 0 Å². The summed E-state index contributed by atoms with van der Waals surface area (Å²) in [6.07, 6.45) is 2.24. The molecule has 1 atom stereocenters. The van der Waals surface area contributed by atoms with Gasteiger partial charge in [-0.3, -0.25) is 0 Å². The summed E-state index contributed by atoms with van der Waals surface area (Å²) in [6, 6.07) is 5.41. The molecule has 0 saturated carbocycles. The van der Waals surface area contributed by atoms with Crippen molar-refractivity contribution in [1.82, 2.24) is 5.32 Å². The van der Waals surface area contributed by atoms with E-state index < -0.39 is 5.60 Å². The second kappa shape index (κ2) is 7.34. The molecule has 1 aromatic rings. The molecule has 0 saturated heterocycles. The Morgan fingerprint density at radius 2 is 1.83 bits per heavy atom. The zero-order valence-electron chi connectivity index (χ0n) is 11.0. The molecular weight excluding hydrogens is 269 g/mol. The lowest BCUT2D eigenvalue weighted by atomic mass is 9.93. The summed E-state index contributed by atoms with van der Waals surface area (Å²) in [5, 5.41) is 14.9. The summed E-state index contributed by atoms with van der Waals surface area (Å²) < 4.78 is 0. The zero-order valence-corrected chi connectivity index (χ0v) is 12.5. The van der Waals surface area contributed by atoms with Crippen LogP contribution in [0.15, 0.2) is 18.2 Å². The molecule has 0 heterocycles. The monoisotopic (exact) mass is 289 g/mol. The third-order valence-corrected chi connectivity index (χ3v) is 3.59. The van der Waals surface area contributed by atoms with Crippen molar-refractivity contribution in [2.45, 2.75) is 38.7 Å². The van der Waals surface area contributed by atoms with Crippen LogP contribution in [0.5, 0.6) is 0 Å². The molecule has 0 aliphatic carbocycles. The number of rotatable bonds is 7. The minimum atomic E-state index is -0.796. The number of aliphatic hydroxyl groups is 1. The van der Waals surface area contributed by atoms with Crippen LogP contribution in [0.25, 0.3) is 0 Å². The molecule has 0 radical (unpaired) electrons. The van der Waals surface area contributed by atoms with Gasteiger partial charge in [0, 0.05) is 16.5 Å². The van der Waals surface area contributed by atoms with Crippen LogP contribution in [0.2, 0.25) is 10.0 Å². The predicted octanol–water partition coefficient (Wildman–Crippen LogP) is 3.68. The van der Waals surface area contributed by atoms with Crippen LogP contribution < -0.4 is 5.32 Å². The number of nitrogens with one attached hydrogen (secondary N) is 1. The maximum atomic E-state index is 10.4. The van der Waals surface area contributed by atoms with Gasteiger partial charge >= 0.3 is 0 Å². The van der Waals surface area contributed by atoms with E-state index in [-0.39, 0.29) is 0 Å². The average Bonchev–Trinajstić information content (AvgIpc) is 2.30. The summed E-state index contributed by atoms with van der Waals surface area (Å²) in [6.45, 7) is 5.71. The lowest BCUT2D eigenvalue weighted by Crippen LogP contribution is -2.32. The summed E-state index contributed by atoms with van der Waals surface area (Å²) in [7, 11) is 0. The van der Waals surface area contributed by atoms with Crippen molar-refractivity contribution in [3.63, 3.8) is 0 Å². The van der Waals surface area contributed by atoms with E-state index in [2.05, 4.69) is 12.2 Å². The highest BCUT2D eigenvalue weighted by Crippen LogP contribution is 2.29. The topological polar surface area (TPSA) is 32.3 Å². The number of benzene rings is 1. The fourth-order valence-electron chi connectivity index (χ4n) is 1.83. The van der Waals surface area contributed by atoms with Gasteiger partial charge in [0.05, 0.1) is 5.60 Å². The van der Waals surface area contributed by atoms with Gasteiger partial charge < -0.3 is 10.4 Å². The second-order valence-electron chi connectivity index (χ2n) is 4.87. The fourth-order valence-corrected chi connectivity index (χ4v) is 2.36. The molecule has 18 heavy (non-hydrogen) atoms. The van der Waals surface area contributed by atoms with Gasteiger partial charge in [0.1, 0.15) is 0 Å². The quantitative estimate of drug-likeness (QED) is 0.751. The Balaban J connectivity index is 2.59. The Kier molecular flexibility index (Phi) is 6.44. The Hall–Kier alpha value is -0.280. The van der Waals surface area contributed by atoms with Gasteiger partial charge in [-0.25, -0.2) is 0 Å². The summed E-state index contributed by atoms with van der Waals surface area (Å²) in [4.78, 5) is 0. The minimum absolute atomic E-state index is 0.472.